The van der Waals surface area contributed by atoms with Gasteiger partial charge in [0.1, 0.15) is 5.75 Å². The lowest BCUT2D eigenvalue weighted by molar-refractivity contribution is -0.119. The van der Waals surface area contributed by atoms with Crippen molar-refractivity contribution in [1.82, 2.24) is 5.43 Å². The lowest BCUT2D eigenvalue weighted by Crippen LogP contribution is -2.46. The van der Waals surface area contributed by atoms with Gasteiger partial charge < -0.3 is 10.1 Å². The van der Waals surface area contributed by atoms with E-state index in [-0.39, 0.29) is 12.5 Å². The molecular weight excluding hydrogens is 302 g/mol. The SMILES string of the molecule is COc1ccc(NCC(=O)NN=C2C3CC4CC(C3)CC2C4)cc1. The fourth-order valence-corrected chi connectivity index (χ4v) is 4.91. The highest BCUT2D eigenvalue weighted by Crippen LogP contribution is 2.52. The first-order valence-corrected chi connectivity index (χ1v) is 8.95. The molecule has 0 aliphatic heterocycles. The standard InChI is InChI=1S/C19H25N3O2/c1-24-17-4-2-16(3-5-17)20-11-18(23)21-22-19-14-7-12-6-13(9-14)10-15(19)8-12/h2-5,12-15,20H,6-11H2,1H3,(H,21,23). The van der Waals surface area contributed by atoms with Crippen LogP contribution < -0.4 is 15.5 Å². The molecule has 0 aromatic heterocycles. The van der Waals surface area contributed by atoms with Crippen LogP contribution in [0.4, 0.5) is 5.69 Å². The fourth-order valence-electron chi connectivity index (χ4n) is 4.91. The van der Waals surface area contributed by atoms with Gasteiger partial charge in [-0.05, 0) is 80.0 Å². The minimum atomic E-state index is -0.0906. The van der Waals surface area contributed by atoms with Crippen LogP contribution in [0, 0.1) is 23.7 Å². The number of hydrazone groups is 1. The van der Waals surface area contributed by atoms with E-state index in [0.29, 0.717) is 11.8 Å². The molecule has 5 nitrogen and oxygen atoms in total. The number of carbonyl (C=O) groups is 1. The van der Waals surface area contributed by atoms with E-state index in [2.05, 4.69) is 15.8 Å². The number of anilines is 1. The van der Waals surface area contributed by atoms with Crippen LogP contribution in [0.2, 0.25) is 0 Å². The quantitative estimate of drug-likeness (QED) is 0.817. The monoisotopic (exact) mass is 327 g/mol. The Morgan fingerprint density at radius 1 is 1.08 bits per heavy atom. The predicted molar refractivity (Wildman–Crippen MR) is 94.1 cm³/mol. The molecule has 0 saturated heterocycles. The smallest absolute Gasteiger partial charge is 0.259 e. The van der Waals surface area contributed by atoms with Gasteiger partial charge in [-0.15, -0.1) is 0 Å². The minimum Gasteiger partial charge on any atom is -0.497 e. The zero-order chi connectivity index (χ0) is 16.5. The number of hydrogen-bond donors (Lipinski definition) is 2. The zero-order valence-electron chi connectivity index (χ0n) is 14.1. The molecule has 1 aromatic carbocycles. The largest absolute Gasteiger partial charge is 0.497 e. The van der Waals surface area contributed by atoms with Gasteiger partial charge in [0.2, 0.25) is 0 Å². The van der Waals surface area contributed by atoms with Crippen molar-refractivity contribution in [2.75, 3.05) is 19.0 Å². The Morgan fingerprint density at radius 2 is 1.71 bits per heavy atom. The van der Waals surface area contributed by atoms with Crippen LogP contribution in [-0.4, -0.2) is 25.3 Å². The highest BCUT2D eigenvalue weighted by molar-refractivity contribution is 5.92. The molecule has 1 aromatic rings. The lowest BCUT2D eigenvalue weighted by Gasteiger charge is -2.50. The van der Waals surface area contributed by atoms with E-state index in [9.17, 15) is 4.79 Å². The van der Waals surface area contributed by atoms with E-state index >= 15 is 0 Å². The van der Waals surface area contributed by atoms with Gasteiger partial charge in [-0.3, -0.25) is 4.79 Å². The van der Waals surface area contributed by atoms with E-state index in [1.165, 1.54) is 37.8 Å². The van der Waals surface area contributed by atoms with Gasteiger partial charge >= 0.3 is 0 Å². The second kappa shape index (κ2) is 6.46. The summed E-state index contributed by atoms with van der Waals surface area (Å²) >= 11 is 0. The number of nitrogens with one attached hydrogen (secondary N) is 2. The summed E-state index contributed by atoms with van der Waals surface area (Å²) in [4.78, 5) is 12.1. The Balaban J connectivity index is 1.30. The summed E-state index contributed by atoms with van der Waals surface area (Å²) < 4.78 is 5.12. The summed E-state index contributed by atoms with van der Waals surface area (Å²) in [6.45, 7) is 0.226. The topological polar surface area (TPSA) is 62.7 Å². The van der Waals surface area contributed by atoms with Crippen molar-refractivity contribution in [1.29, 1.82) is 0 Å². The summed E-state index contributed by atoms with van der Waals surface area (Å²) in [5.41, 5.74) is 4.93. The molecule has 0 spiro atoms. The van der Waals surface area contributed by atoms with Crippen molar-refractivity contribution >= 4 is 17.3 Å². The van der Waals surface area contributed by atoms with Crippen molar-refractivity contribution in [3.8, 4) is 5.75 Å². The Hall–Kier alpha value is -2.04. The van der Waals surface area contributed by atoms with E-state index in [1.807, 2.05) is 24.3 Å². The molecule has 4 aliphatic carbocycles. The Bertz CT molecular complexity index is 609. The molecule has 5 heteroatoms. The fraction of sp³-hybridized carbons (Fsp3) is 0.579. The molecule has 5 rings (SSSR count). The van der Waals surface area contributed by atoms with E-state index in [1.54, 1.807) is 7.11 Å². The number of amides is 1. The van der Waals surface area contributed by atoms with E-state index < -0.39 is 0 Å². The molecule has 2 N–H and O–H groups in total. The van der Waals surface area contributed by atoms with Gasteiger partial charge in [-0.1, -0.05) is 0 Å². The minimum absolute atomic E-state index is 0.0906. The van der Waals surface area contributed by atoms with Crippen LogP contribution in [0.25, 0.3) is 0 Å². The molecule has 4 bridgehead atoms. The molecular formula is C19H25N3O2. The number of hydrogen-bond acceptors (Lipinski definition) is 4. The number of nitrogens with zero attached hydrogens (tertiary/aromatic N) is 1. The first-order valence-electron chi connectivity index (χ1n) is 8.95. The Morgan fingerprint density at radius 3 is 2.29 bits per heavy atom. The Labute approximate surface area is 142 Å². The maximum Gasteiger partial charge on any atom is 0.259 e. The molecule has 0 unspecified atom stereocenters. The van der Waals surface area contributed by atoms with Gasteiger partial charge in [0.05, 0.1) is 13.7 Å². The van der Waals surface area contributed by atoms with Crippen LogP contribution in [0.1, 0.15) is 32.1 Å². The van der Waals surface area contributed by atoms with Crippen molar-refractivity contribution < 1.29 is 9.53 Å². The van der Waals surface area contributed by atoms with Crippen molar-refractivity contribution in [2.24, 2.45) is 28.8 Å². The maximum atomic E-state index is 12.1. The first-order chi connectivity index (χ1) is 11.7. The molecule has 24 heavy (non-hydrogen) atoms. The van der Waals surface area contributed by atoms with Gasteiger partial charge in [-0.25, -0.2) is 5.43 Å². The average molecular weight is 327 g/mol. The number of carbonyl (C=O) groups excluding carboxylic acids is 1. The van der Waals surface area contributed by atoms with Gasteiger partial charge in [0, 0.05) is 11.4 Å². The number of methoxy groups -OCH3 is 1. The molecule has 4 aliphatic rings. The maximum absolute atomic E-state index is 12.1. The van der Waals surface area contributed by atoms with Crippen LogP contribution in [-0.2, 0) is 4.79 Å². The third-order valence-electron chi connectivity index (χ3n) is 5.83. The molecule has 0 radical (unpaired) electrons. The van der Waals surface area contributed by atoms with Crippen molar-refractivity contribution in [3.63, 3.8) is 0 Å². The second-order valence-electron chi connectivity index (χ2n) is 7.46. The van der Waals surface area contributed by atoms with E-state index in [0.717, 1.165) is 23.3 Å². The highest BCUT2D eigenvalue weighted by atomic mass is 16.5. The van der Waals surface area contributed by atoms with Gasteiger partial charge in [0.15, 0.2) is 0 Å². The van der Waals surface area contributed by atoms with Crippen LogP contribution >= 0.6 is 0 Å². The molecule has 1 amide bonds. The van der Waals surface area contributed by atoms with Crippen LogP contribution in [0.15, 0.2) is 29.4 Å². The number of benzene rings is 1. The third-order valence-corrected chi connectivity index (χ3v) is 5.83. The first kappa shape index (κ1) is 15.5. The predicted octanol–water partition coefficient (Wildman–Crippen LogP) is 3.04. The average Bonchev–Trinajstić information content (AvgIpc) is 2.59. The van der Waals surface area contributed by atoms with Gasteiger partial charge in [0.25, 0.3) is 5.91 Å². The van der Waals surface area contributed by atoms with Crippen molar-refractivity contribution in [3.05, 3.63) is 24.3 Å². The van der Waals surface area contributed by atoms with Crippen LogP contribution in [0.3, 0.4) is 0 Å². The number of rotatable bonds is 5. The third kappa shape index (κ3) is 3.12. The lowest BCUT2D eigenvalue weighted by atomic mass is 9.55. The summed E-state index contributed by atoms with van der Waals surface area (Å²) in [6, 6.07) is 7.54. The van der Waals surface area contributed by atoms with E-state index in [4.69, 9.17) is 4.74 Å². The number of ether oxygens (including phenoxy) is 1. The molecule has 0 heterocycles. The summed E-state index contributed by atoms with van der Waals surface area (Å²) in [7, 11) is 1.64. The zero-order valence-corrected chi connectivity index (χ0v) is 14.1. The normalized spacial score (nSPS) is 30.1. The van der Waals surface area contributed by atoms with Crippen LogP contribution in [0.5, 0.6) is 5.75 Å². The molecule has 4 saturated carbocycles. The summed E-state index contributed by atoms with van der Waals surface area (Å²) in [5, 5.41) is 7.63. The van der Waals surface area contributed by atoms with Crippen molar-refractivity contribution in [2.45, 2.75) is 32.1 Å². The molecule has 0 atom stereocenters. The van der Waals surface area contributed by atoms with Gasteiger partial charge in [-0.2, -0.15) is 5.10 Å². The molecule has 128 valence electrons. The highest BCUT2D eigenvalue weighted by Gasteiger charge is 2.46. The molecule has 4 fully saturated rings. The second-order valence-corrected chi connectivity index (χ2v) is 7.46. The summed E-state index contributed by atoms with van der Waals surface area (Å²) in [5.74, 6) is 3.79. The summed E-state index contributed by atoms with van der Waals surface area (Å²) in [6.07, 6.45) is 6.56. The Kier molecular flexibility index (Phi) is 4.17.